The van der Waals surface area contributed by atoms with E-state index in [1.54, 1.807) is 0 Å². The predicted molar refractivity (Wildman–Crippen MR) is 152 cm³/mol. The van der Waals surface area contributed by atoms with Crippen molar-refractivity contribution < 1.29 is 19.5 Å². The van der Waals surface area contributed by atoms with Crippen LogP contribution in [0.25, 0.3) is 11.3 Å². The molecule has 7 heteroatoms. The van der Waals surface area contributed by atoms with E-state index in [0.717, 1.165) is 36.3 Å². The first-order chi connectivity index (χ1) is 18.5. The Morgan fingerprint density at radius 1 is 1.03 bits per heavy atom. The summed E-state index contributed by atoms with van der Waals surface area (Å²) in [4.78, 5) is 37.8. The van der Waals surface area contributed by atoms with Gasteiger partial charge in [-0.15, -0.1) is 0 Å². The Labute approximate surface area is 231 Å². The van der Waals surface area contributed by atoms with Crippen LogP contribution in [0, 0.1) is 18.8 Å². The Morgan fingerprint density at radius 3 is 2.33 bits per heavy atom. The normalized spacial score (nSPS) is 22.3. The van der Waals surface area contributed by atoms with Crippen LogP contribution in [0.15, 0.2) is 24.3 Å². The minimum Gasteiger partial charge on any atom is -0.481 e. The number of aliphatic carboxylic acids is 1. The number of hydrogen-bond donors (Lipinski definition) is 3. The van der Waals surface area contributed by atoms with Gasteiger partial charge in [0, 0.05) is 35.6 Å². The highest BCUT2D eigenvalue weighted by Crippen LogP contribution is 2.48. The lowest BCUT2D eigenvalue weighted by molar-refractivity contribution is -0.145. The van der Waals surface area contributed by atoms with Gasteiger partial charge in [0.15, 0.2) is 0 Å². The molecule has 0 radical (unpaired) electrons. The molecule has 1 heterocycles. The van der Waals surface area contributed by atoms with Crippen molar-refractivity contribution in [2.75, 3.05) is 0 Å². The molecule has 3 aliphatic carbocycles. The molecule has 3 fully saturated rings. The van der Waals surface area contributed by atoms with Crippen molar-refractivity contribution in [3.63, 3.8) is 0 Å². The first kappa shape index (κ1) is 27.5. The predicted octanol–water partition coefficient (Wildman–Crippen LogP) is 5.83. The van der Waals surface area contributed by atoms with E-state index in [0.29, 0.717) is 29.9 Å². The van der Waals surface area contributed by atoms with Gasteiger partial charge in [0.1, 0.15) is 0 Å². The molecule has 0 unspecified atom stereocenters. The van der Waals surface area contributed by atoms with Gasteiger partial charge in [-0.2, -0.15) is 0 Å². The average molecular weight is 534 g/mol. The SMILES string of the molecule is Cc1c(C(=O)NC2CC(C(=O)O)C2)cc(-c2cc(C(=O)NC(C)C)cc(C3(C)CC3)c2)n1CC1CCCCC1. The van der Waals surface area contributed by atoms with Gasteiger partial charge in [-0.1, -0.05) is 26.2 Å². The van der Waals surface area contributed by atoms with Gasteiger partial charge in [0.05, 0.1) is 11.5 Å². The van der Waals surface area contributed by atoms with Crippen LogP contribution in [0.1, 0.15) is 111 Å². The lowest BCUT2D eigenvalue weighted by atomic mass is 9.80. The topological polar surface area (TPSA) is 100 Å². The Kier molecular flexibility index (Phi) is 7.62. The summed E-state index contributed by atoms with van der Waals surface area (Å²) in [7, 11) is 0. The summed E-state index contributed by atoms with van der Waals surface area (Å²) in [5, 5.41) is 15.3. The lowest BCUT2D eigenvalue weighted by Gasteiger charge is -2.32. The van der Waals surface area contributed by atoms with E-state index in [9.17, 15) is 19.5 Å². The van der Waals surface area contributed by atoms with Crippen LogP contribution in [0.3, 0.4) is 0 Å². The number of carboxylic acids is 1. The van der Waals surface area contributed by atoms with Crippen LogP contribution < -0.4 is 10.6 Å². The van der Waals surface area contributed by atoms with E-state index < -0.39 is 5.97 Å². The minimum absolute atomic E-state index is 0.0426. The Bertz CT molecular complexity index is 1260. The molecule has 0 saturated heterocycles. The van der Waals surface area contributed by atoms with Crippen LogP contribution in [0.4, 0.5) is 0 Å². The van der Waals surface area contributed by atoms with E-state index in [1.165, 1.54) is 37.7 Å². The number of nitrogens with zero attached hydrogens (tertiary/aromatic N) is 1. The fourth-order valence-electron chi connectivity index (χ4n) is 6.25. The molecule has 0 bridgehead atoms. The second kappa shape index (κ2) is 10.8. The highest BCUT2D eigenvalue weighted by Gasteiger charge is 2.40. The van der Waals surface area contributed by atoms with Gasteiger partial charge in [0.2, 0.25) is 0 Å². The van der Waals surface area contributed by atoms with Crippen LogP contribution in [0.2, 0.25) is 0 Å². The third-order valence-corrected chi connectivity index (χ3v) is 9.21. The largest absolute Gasteiger partial charge is 0.481 e. The van der Waals surface area contributed by atoms with Crippen molar-refractivity contribution in [2.45, 2.75) is 110 Å². The van der Waals surface area contributed by atoms with Crippen LogP contribution in [0.5, 0.6) is 0 Å². The molecule has 3 N–H and O–H groups in total. The molecule has 210 valence electrons. The molecule has 3 aliphatic rings. The molecule has 1 aromatic heterocycles. The number of carbonyl (C=O) groups is 3. The van der Waals surface area contributed by atoms with Crippen molar-refractivity contribution >= 4 is 17.8 Å². The quantitative estimate of drug-likeness (QED) is 0.378. The lowest BCUT2D eigenvalue weighted by Crippen LogP contribution is -2.46. The number of hydrogen-bond acceptors (Lipinski definition) is 3. The number of amides is 2. The zero-order valence-electron chi connectivity index (χ0n) is 23.8. The van der Waals surface area contributed by atoms with Crippen molar-refractivity contribution in [3.8, 4) is 11.3 Å². The first-order valence-corrected chi connectivity index (χ1v) is 14.7. The van der Waals surface area contributed by atoms with E-state index in [-0.39, 0.29) is 35.2 Å². The molecule has 39 heavy (non-hydrogen) atoms. The van der Waals surface area contributed by atoms with Crippen molar-refractivity contribution in [3.05, 3.63) is 46.6 Å². The zero-order valence-corrected chi connectivity index (χ0v) is 23.8. The van der Waals surface area contributed by atoms with Gasteiger partial charge < -0.3 is 20.3 Å². The highest BCUT2D eigenvalue weighted by atomic mass is 16.4. The summed E-state index contributed by atoms with van der Waals surface area (Å²) in [5.41, 5.74) is 5.44. The first-order valence-electron chi connectivity index (χ1n) is 14.7. The smallest absolute Gasteiger partial charge is 0.306 e. The van der Waals surface area contributed by atoms with Crippen molar-refractivity contribution in [1.29, 1.82) is 0 Å². The van der Waals surface area contributed by atoms with Gasteiger partial charge >= 0.3 is 5.97 Å². The number of rotatable bonds is 9. The maximum absolute atomic E-state index is 13.4. The van der Waals surface area contributed by atoms with Crippen LogP contribution >= 0.6 is 0 Å². The monoisotopic (exact) mass is 533 g/mol. The fourth-order valence-corrected chi connectivity index (χ4v) is 6.25. The molecule has 3 saturated carbocycles. The van der Waals surface area contributed by atoms with E-state index in [1.807, 2.05) is 39.0 Å². The minimum atomic E-state index is -0.792. The Morgan fingerprint density at radius 2 is 1.72 bits per heavy atom. The molecular formula is C32H43N3O4. The van der Waals surface area contributed by atoms with Crippen LogP contribution in [-0.4, -0.2) is 39.5 Å². The molecule has 2 aromatic rings. The summed E-state index contributed by atoms with van der Waals surface area (Å²) in [6.07, 6.45) is 9.33. The standard InChI is InChI=1S/C32H43N3O4/c1-19(2)33-29(36)23-12-22(13-25(14-23)32(4)10-11-32)28-17-27(30(37)34-26-15-24(16-26)31(38)39)20(3)35(28)18-21-8-6-5-7-9-21/h12-14,17,19,21,24,26H,5-11,15-16,18H2,1-4H3,(H,33,36)(H,34,37)(H,38,39). The number of carboxylic acid groups (broad SMARTS) is 1. The Hall–Kier alpha value is -3.09. The summed E-state index contributed by atoms with van der Waals surface area (Å²) >= 11 is 0. The summed E-state index contributed by atoms with van der Waals surface area (Å²) in [6, 6.07) is 8.16. The number of aromatic nitrogens is 1. The number of nitrogens with one attached hydrogen (secondary N) is 2. The van der Waals surface area contributed by atoms with E-state index >= 15 is 0 Å². The second-order valence-electron chi connectivity index (χ2n) is 12.8. The molecule has 7 nitrogen and oxygen atoms in total. The molecule has 5 rings (SSSR count). The van der Waals surface area contributed by atoms with Crippen LogP contribution in [-0.2, 0) is 16.8 Å². The fraction of sp³-hybridized carbons (Fsp3) is 0.594. The summed E-state index contributed by atoms with van der Waals surface area (Å²) in [5.74, 6) is -0.817. The van der Waals surface area contributed by atoms with Gasteiger partial charge in [-0.05, 0) is 106 Å². The third kappa shape index (κ3) is 5.92. The molecule has 2 amide bonds. The molecule has 0 atom stereocenters. The van der Waals surface area contributed by atoms with E-state index in [4.69, 9.17) is 0 Å². The maximum Gasteiger partial charge on any atom is 0.306 e. The number of carbonyl (C=O) groups excluding carboxylic acids is 2. The highest BCUT2D eigenvalue weighted by molar-refractivity contribution is 5.98. The average Bonchev–Trinajstić information content (AvgIpc) is 3.55. The third-order valence-electron chi connectivity index (χ3n) is 9.21. The zero-order chi connectivity index (χ0) is 27.9. The second-order valence-corrected chi connectivity index (χ2v) is 12.8. The summed E-state index contributed by atoms with van der Waals surface area (Å²) < 4.78 is 2.30. The molecule has 1 aromatic carbocycles. The Balaban J connectivity index is 1.52. The summed E-state index contributed by atoms with van der Waals surface area (Å²) in [6.45, 7) is 9.06. The van der Waals surface area contributed by atoms with Crippen molar-refractivity contribution in [2.24, 2.45) is 11.8 Å². The van der Waals surface area contributed by atoms with E-state index in [2.05, 4.69) is 28.2 Å². The van der Waals surface area contributed by atoms with Gasteiger partial charge in [-0.25, -0.2) is 0 Å². The number of benzene rings is 1. The maximum atomic E-state index is 13.4. The molecular weight excluding hydrogens is 490 g/mol. The van der Waals surface area contributed by atoms with Gasteiger partial charge in [0.25, 0.3) is 11.8 Å². The molecule has 0 aliphatic heterocycles. The van der Waals surface area contributed by atoms with Gasteiger partial charge in [-0.3, -0.25) is 14.4 Å². The van der Waals surface area contributed by atoms with Crippen molar-refractivity contribution in [1.82, 2.24) is 15.2 Å². The molecule has 0 spiro atoms.